The molecule has 1 saturated heterocycles. The van der Waals surface area contributed by atoms with Crippen molar-refractivity contribution in [2.75, 3.05) is 7.11 Å². The molecule has 4 saturated carbocycles. The molecule has 2 aromatic carbocycles. The molecule has 148 valence electrons. The monoisotopic (exact) mass is 388 g/mol. The third-order valence-corrected chi connectivity index (χ3v) is 8.31. The molecule has 6 aliphatic rings. The zero-order valence-corrected chi connectivity index (χ0v) is 16.5. The highest BCUT2D eigenvalue weighted by Crippen LogP contribution is 2.67. The molecule has 4 bridgehead atoms. The lowest BCUT2D eigenvalue weighted by Crippen LogP contribution is -2.61. The summed E-state index contributed by atoms with van der Waals surface area (Å²) in [5.41, 5.74) is -0.332. The molecule has 0 aromatic heterocycles. The van der Waals surface area contributed by atoms with E-state index in [1.807, 2.05) is 30.3 Å². The van der Waals surface area contributed by atoms with Gasteiger partial charge in [-0.2, -0.15) is 0 Å². The Bertz CT molecular complexity index is 1090. The van der Waals surface area contributed by atoms with Gasteiger partial charge in [0.15, 0.2) is 0 Å². The summed E-state index contributed by atoms with van der Waals surface area (Å²) in [7, 11) is 1.69. The van der Waals surface area contributed by atoms with Crippen molar-refractivity contribution >= 4 is 22.8 Å². The molecule has 4 heteroatoms. The molecule has 4 unspecified atom stereocenters. The van der Waals surface area contributed by atoms with Crippen LogP contribution in [0.4, 0.5) is 0 Å². The second-order valence-electron chi connectivity index (χ2n) is 9.81. The van der Waals surface area contributed by atoms with Crippen LogP contribution in [0, 0.1) is 23.7 Å². The van der Waals surface area contributed by atoms with Gasteiger partial charge < -0.3 is 14.2 Å². The van der Waals surface area contributed by atoms with E-state index in [0.717, 1.165) is 52.5 Å². The van der Waals surface area contributed by atoms with Gasteiger partial charge in [-0.1, -0.05) is 30.3 Å². The molecule has 29 heavy (non-hydrogen) atoms. The van der Waals surface area contributed by atoms with E-state index in [0.29, 0.717) is 5.92 Å². The largest absolute Gasteiger partial charge is 0.496 e. The van der Waals surface area contributed by atoms with Gasteiger partial charge in [-0.3, -0.25) is 0 Å². The molecular formula is C25H24O4. The first-order valence-electron chi connectivity index (χ1n) is 10.8. The Labute approximate surface area is 169 Å². The predicted molar refractivity (Wildman–Crippen MR) is 109 cm³/mol. The fraction of sp³-hybridized carbons (Fsp3) is 0.480. The molecule has 8 rings (SSSR count). The molecule has 4 atom stereocenters. The first-order chi connectivity index (χ1) is 14.1. The number of fused-ring (bicyclic) bond motifs is 3. The van der Waals surface area contributed by atoms with Crippen LogP contribution in [0.15, 0.2) is 36.4 Å². The average Bonchev–Trinajstić information content (AvgIpc) is 2.94. The second-order valence-corrected chi connectivity index (χ2v) is 9.81. The quantitative estimate of drug-likeness (QED) is 0.662. The summed E-state index contributed by atoms with van der Waals surface area (Å²) in [6.07, 6.45) is 9.84. The molecule has 0 amide bonds. The van der Waals surface area contributed by atoms with Crippen LogP contribution in [0.3, 0.4) is 0 Å². The van der Waals surface area contributed by atoms with Crippen LogP contribution in [0.5, 0.6) is 11.5 Å². The Kier molecular flexibility index (Phi) is 2.90. The Balaban J connectivity index is 1.41. The highest BCUT2D eigenvalue weighted by atomic mass is 16.6. The smallest absolute Gasteiger partial charge is 0.355 e. The zero-order chi connectivity index (χ0) is 19.4. The standard InChI is InChI=1S/C25H24O4/c1-27-20-11-16-6-7-25(28-21(16)19-5-3-2-4-18(19)20)22-17-9-14-8-15(10-17)13-24(22,12-14)29-23(25)26/h2-7,11,14-15,17,22H,8-10,12-13H2,1H3. The van der Waals surface area contributed by atoms with Crippen molar-refractivity contribution in [2.24, 2.45) is 23.7 Å². The van der Waals surface area contributed by atoms with Gasteiger partial charge in [-0.25, -0.2) is 4.79 Å². The molecular weight excluding hydrogens is 364 g/mol. The van der Waals surface area contributed by atoms with Crippen molar-refractivity contribution in [3.05, 3.63) is 42.0 Å². The first-order valence-corrected chi connectivity index (χ1v) is 10.8. The van der Waals surface area contributed by atoms with Crippen molar-refractivity contribution in [2.45, 2.75) is 43.3 Å². The topological polar surface area (TPSA) is 44.8 Å². The van der Waals surface area contributed by atoms with Crippen molar-refractivity contribution in [3.63, 3.8) is 0 Å². The predicted octanol–water partition coefficient (Wildman–Crippen LogP) is 4.74. The summed E-state index contributed by atoms with van der Waals surface area (Å²) in [4.78, 5) is 13.4. The lowest BCUT2D eigenvalue weighted by atomic mass is 9.47. The number of rotatable bonds is 1. The van der Waals surface area contributed by atoms with Crippen LogP contribution in [-0.2, 0) is 9.53 Å². The number of hydrogen-bond acceptors (Lipinski definition) is 4. The van der Waals surface area contributed by atoms with Crippen molar-refractivity contribution in [1.82, 2.24) is 0 Å². The van der Waals surface area contributed by atoms with Crippen molar-refractivity contribution in [3.8, 4) is 11.5 Å². The fourth-order valence-corrected chi connectivity index (χ4v) is 7.68. The van der Waals surface area contributed by atoms with E-state index < -0.39 is 5.60 Å². The van der Waals surface area contributed by atoms with Gasteiger partial charge in [0.1, 0.15) is 17.1 Å². The summed E-state index contributed by atoms with van der Waals surface area (Å²) < 4.78 is 18.6. The Morgan fingerprint density at radius 3 is 2.55 bits per heavy atom. The van der Waals surface area contributed by atoms with E-state index in [-0.39, 0.29) is 17.5 Å². The Morgan fingerprint density at radius 2 is 1.79 bits per heavy atom. The van der Waals surface area contributed by atoms with Gasteiger partial charge in [0.05, 0.1) is 13.0 Å². The summed E-state index contributed by atoms with van der Waals surface area (Å²) in [5.74, 6) is 3.50. The second kappa shape index (κ2) is 5.16. The third kappa shape index (κ3) is 1.88. The van der Waals surface area contributed by atoms with Gasteiger partial charge in [-0.05, 0) is 62.0 Å². The molecule has 2 spiro atoms. The Hall–Kier alpha value is -2.49. The minimum absolute atomic E-state index is 0.126. The summed E-state index contributed by atoms with van der Waals surface area (Å²) in [6.45, 7) is 0. The number of carbonyl (C=O) groups is 1. The van der Waals surface area contributed by atoms with E-state index >= 15 is 0 Å². The lowest BCUT2D eigenvalue weighted by molar-refractivity contribution is -0.175. The van der Waals surface area contributed by atoms with Crippen molar-refractivity contribution in [1.29, 1.82) is 0 Å². The highest BCUT2D eigenvalue weighted by Gasteiger charge is 2.73. The third-order valence-electron chi connectivity index (χ3n) is 8.31. The van der Waals surface area contributed by atoms with Crippen LogP contribution in [0.2, 0.25) is 0 Å². The molecule has 5 fully saturated rings. The SMILES string of the molecule is COc1cc2c(c3ccccc13)OC1(C=C2)C(=O)OC23CC4CC(CC(C4)C21)C3. The van der Waals surface area contributed by atoms with E-state index in [2.05, 4.69) is 12.1 Å². The van der Waals surface area contributed by atoms with E-state index in [4.69, 9.17) is 14.2 Å². The molecule has 0 radical (unpaired) electrons. The number of carbonyl (C=O) groups excluding carboxylic acids is 1. The van der Waals surface area contributed by atoms with Gasteiger partial charge in [0, 0.05) is 16.3 Å². The molecule has 2 aromatic rings. The van der Waals surface area contributed by atoms with Gasteiger partial charge in [0.2, 0.25) is 5.60 Å². The molecule has 2 heterocycles. The van der Waals surface area contributed by atoms with E-state index in [1.165, 1.54) is 19.3 Å². The average molecular weight is 388 g/mol. The number of esters is 1. The summed E-state index contributed by atoms with van der Waals surface area (Å²) in [5, 5.41) is 1.99. The summed E-state index contributed by atoms with van der Waals surface area (Å²) >= 11 is 0. The molecule has 4 aliphatic carbocycles. The van der Waals surface area contributed by atoms with Crippen molar-refractivity contribution < 1.29 is 19.0 Å². The normalized spacial score (nSPS) is 40.7. The van der Waals surface area contributed by atoms with Gasteiger partial charge in [-0.15, -0.1) is 0 Å². The summed E-state index contributed by atoms with van der Waals surface area (Å²) in [6, 6.07) is 10.1. The van der Waals surface area contributed by atoms with Crippen LogP contribution in [0.1, 0.15) is 37.7 Å². The lowest BCUT2D eigenvalue weighted by Gasteiger charge is -2.58. The number of methoxy groups -OCH3 is 1. The fourth-order valence-electron chi connectivity index (χ4n) is 7.68. The van der Waals surface area contributed by atoms with Gasteiger partial charge in [0.25, 0.3) is 0 Å². The van der Waals surface area contributed by atoms with Crippen LogP contribution in [-0.4, -0.2) is 24.3 Å². The number of ether oxygens (including phenoxy) is 3. The maximum Gasteiger partial charge on any atom is 0.355 e. The first kappa shape index (κ1) is 16.3. The number of hydrogen-bond donors (Lipinski definition) is 0. The minimum atomic E-state index is -0.984. The maximum absolute atomic E-state index is 13.4. The number of benzene rings is 2. The van der Waals surface area contributed by atoms with E-state index in [1.54, 1.807) is 7.11 Å². The highest BCUT2D eigenvalue weighted by molar-refractivity contribution is 5.99. The van der Waals surface area contributed by atoms with E-state index in [9.17, 15) is 4.79 Å². The molecule has 0 N–H and O–H groups in total. The Morgan fingerprint density at radius 1 is 1.03 bits per heavy atom. The molecule has 2 aliphatic heterocycles. The van der Waals surface area contributed by atoms with Crippen LogP contribution < -0.4 is 9.47 Å². The minimum Gasteiger partial charge on any atom is -0.496 e. The maximum atomic E-state index is 13.4. The van der Waals surface area contributed by atoms with Crippen LogP contribution >= 0.6 is 0 Å². The van der Waals surface area contributed by atoms with Gasteiger partial charge >= 0.3 is 5.97 Å². The zero-order valence-electron chi connectivity index (χ0n) is 16.5. The molecule has 4 nitrogen and oxygen atoms in total. The van der Waals surface area contributed by atoms with Crippen LogP contribution in [0.25, 0.3) is 16.8 Å².